The zero-order chi connectivity index (χ0) is 14.3. The average Bonchev–Trinajstić information content (AvgIpc) is 2.71. The second-order valence-electron chi connectivity index (χ2n) is 5.54. The van der Waals surface area contributed by atoms with Crippen molar-refractivity contribution in [1.82, 2.24) is 4.98 Å². The van der Waals surface area contributed by atoms with Gasteiger partial charge in [0.05, 0.1) is 30.7 Å². The lowest BCUT2D eigenvalue weighted by atomic mass is 9.99. The summed E-state index contributed by atoms with van der Waals surface area (Å²) in [6, 6.07) is 2.29. The van der Waals surface area contributed by atoms with Crippen LogP contribution in [-0.2, 0) is 4.74 Å². The number of aromatic nitrogens is 1. The minimum atomic E-state index is -0.449. The molecular weight excluding hydrogens is 258 g/mol. The Morgan fingerprint density at radius 1 is 1.45 bits per heavy atom. The van der Waals surface area contributed by atoms with Crippen LogP contribution in [0.2, 0.25) is 0 Å². The first kappa shape index (κ1) is 13.2. The molecule has 0 aliphatic carbocycles. The van der Waals surface area contributed by atoms with Gasteiger partial charge in [-0.15, -0.1) is 0 Å². The molecule has 2 fully saturated rings. The average molecular weight is 277 g/mol. The molecule has 0 aromatic carbocycles. The number of piperidine rings is 1. The number of nitrogens with zero attached hydrogens (tertiary/aromatic N) is 2. The molecule has 20 heavy (non-hydrogen) atoms. The molecule has 1 aromatic heterocycles. The van der Waals surface area contributed by atoms with Crippen LogP contribution < -0.4 is 10.6 Å². The van der Waals surface area contributed by atoms with E-state index in [1.54, 1.807) is 6.07 Å². The number of nitrogens with two attached hydrogens (primary N) is 1. The van der Waals surface area contributed by atoms with Crippen LogP contribution in [0.3, 0.4) is 0 Å². The smallest absolute Gasteiger partial charge is 0.340 e. The predicted octanol–water partition coefficient (Wildman–Crippen LogP) is 0.942. The number of anilines is 2. The maximum atomic E-state index is 11.7. The molecule has 6 nitrogen and oxygen atoms in total. The van der Waals surface area contributed by atoms with Gasteiger partial charge in [-0.2, -0.15) is 0 Å². The van der Waals surface area contributed by atoms with Gasteiger partial charge in [0.15, 0.2) is 0 Å². The number of hydrogen-bond donors (Lipinski definition) is 2. The topological polar surface area (TPSA) is 88.7 Å². The van der Waals surface area contributed by atoms with Crippen LogP contribution in [0, 0.1) is 0 Å². The first-order valence-corrected chi connectivity index (χ1v) is 6.90. The van der Waals surface area contributed by atoms with Crippen molar-refractivity contribution < 1.29 is 14.6 Å². The zero-order valence-electron chi connectivity index (χ0n) is 11.5. The van der Waals surface area contributed by atoms with E-state index in [9.17, 15) is 9.90 Å². The summed E-state index contributed by atoms with van der Waals surface area (Å²) in [5.74, 6) is 0.301. The lowest BCUT2D eigenvalue weighted by Crippen LogP contribution is -2.45. The van der Waals surface area contributed by atoms with Crippen molar-refractivity contribution in [2.45, 2.75) is 43.9 Å². The van der Waals surface area contributed by atoms with Crippen LogP contribution in [-0.4, -0.2) is 41.4 Å². The number of aliphatic hydroxyl groups is 1. The van der Waals surface area contributed by atoms with Gasteiger partial charge in [-0.1, -0.05) is 0 Å². The molecule has 3 N–H and O–H groups in total. The monoisotopic (exact) mass is 277 g/mol. The number of rotatable bonds is 2. The summed E-state index contributed by atoms with van der Waals surface area (Å²) in [4.78, 5) is 18.3. The van der Waals surface area contributed by atoms with Gasteiger partial charge in [0.2, 0.25) is 0 Å². The molecule has 3 rings (SSSR count). The quantitative estimate of drug-likeness (QED) is 0.782. The number of fused-ring (bicyclic) bond motifs is 2. The summed E-state index contributed by atoms with van der Waals surface area (Å²) >= 11 is 0. The summed E-state index contributed by atoms with van der Waals surface area (Å²) in [5.41, 5.74) is 6.45. The number of ether oxygens (including phenoxy) is 1. The van der Waals surface area contributed by atoms with Crippen LogP contribution in [0.15, 0.2) is 12.3 Å². The van der Waals surface area contributed by atoms with E-state index in [0.717, 1.165) is 31.5 Å². The Morgan fingerprint density at radius 3 is 2.70 bits per heavy atom. The van der Waals surface area contributed by atoms with Crippen LogP contribution in [0.4, 0.5) is 11.5 Å². The maximum absolute atomic E-state index is 11.7. The Kier molecular flexibility index (Phi) is 3.25. The van der Waals surface area contributed by atoms with E-state index in [1.807, 2.05) is 0 Å². The summed E-state index contributed by atoms with van der Waals surface area (Å²) in [7, 11) is 1.34. The van der Waals surface area contributed by atoms with Gasteiger partial charge in [0.1, 0.15) is 5.82 Å². The Bertz CT molecular complexity index is 520. The molecule has 6 heteroatoms. The van der Waals surface area contributed by atoms with Gasteiger partial charge in [0, 0.05) is 12.1 Å². The molecule has 1 aromatic rings. The third-order valence-electron chi connectivity index (χ3n) is 4.30. The Morgan fingerprint density at radius 2 is 2.10 bits per heavy atom. The van der Waals surface area contributed by atoms with Crippen LogP contribution in [0.25, 0.3) is 0 Å². The van der Waals surface area contributed by atoms with Gasteiger partial charge in [-0.3, -0.25) is 0 Å². The molecule has 108 valence electrons. The van der Waals surface area contributed by atoms with Crippen molar-refractivity contribution >= 4 is 17.5 Å². The molecule has 2 aliphatic rings. The fourth-order valence-corrected chi connectivity index (χ4v) is 3.41. The molecule has 2 atom stereocenters. The SMILES string of the molecule is COC(=O)c1cc(N2C3CCC2CC(O)C3)ncc1N. The van der Waals surface area contributed by atoms with E-state index < -0.39 is 5.97 Å². The van der Waals surface area contributed by atoms with E-state index in [4.69, 9.17) is 10.5 Å². The number of pyridine rings is 1. The van der Waals surface area contributed by atoms with E-state index in [-0.39, 0.29) is 6.10 Å². The molecule has 0 radical (unpaired) electrons. The largest absolute Gasteiger partial charge is 0.465 e. The number of carbonyl (C=O) groups is 1. The molecule has 0 saturated carbocycles. The highest BCUT2D eigenvalue weighted by atomic mass is 16.5. The minimum absolute atomic E-state index is 0.224. The van der Waals surface area contributed by atoms with Gasteiger partial charge >= 0.3 is 5.97 Å². The first-order valence-electron chi connectivity index (χ1n) is 6.90. The fraction of sp³-hybridized carbons (Fsp3) is 0.571. The third kappa shape index (κ3) is 2.10. The number of esters is 1. The Labute approximate surface area is 117 Å². The number of carbonyl (C=O) groups excluding carboxylic acids is 1. The minimum Gasteiger partial charge on any atom is -0.465 e. The van der Waals surface area contributed by atoms with Crippen molar-refractivity contribution in [3.8, 4) is 0 Å². The van der Waals surface area contributed by atoms with Crippen molar-refractivity contribution in [2.75, 3.05) is 17.7 Å². The highest BCUT2D eigenvalue weighted by molar-refractivity contribution is 5.95. The Hall–Kier alpha value is -1.82. The first-order chi connectivity index (χ1) is 9.60. The number of aliphatic hydroxyl groups excluding tert-OH is 1. The number of methoxy groups -OCH3 is 1. The molecule has 2 saturated heterocycles. The molecule has 0 spiro atoms. The standard InChI is InChI=1S/C14H19N3O3/c1-20-14(19)11-6-13(16-7-12(11)15)17-8-2-3-9(17)5-10(18)4-8/h6-10,18H,2-5,15H2,1H3. The second-order valence-corrected chi connectivity index (χ2v) is 5.54. The highest BCUT2D eigenvalue weighted by Crippen LogP contribution is 2.39. The Balaban J connectivity index is 1.93. The second kappa shape index (κ2) is 4.94. The molecule has 0 amide bonds. The van der Waals surface area contributed by atoms with Crippen LogP contribution in [0.5, 0.6) is 0 Å². The van der Waals surface area contributed by atoms with Gasteiger partial charge in [-0.25, -0.2) is 9.78 Å². The summed E-state index contributed by atoms with van der Waals surface area (Å²) in [6.07, 6.45) is 4.92. The van der Waals surface area contributed by atoms with Crippen molar-refractivity contribution in [2.24, 2.45) is 0 Å². The molecule has 2 bridgehead atoms. The lowest BCUT2D eigenvalue weighted by molar-refractivity contribution is 0.0601. The maximum Gasteiger partial charge on any atom is 0.340 e. The van der Waals surface area contributed by atoms with Gasteiger partial charge in [-0.05, 0) is 31.7 Å². The van der Waals surface area contributed by atoms with Crippen LogP contribution in [0.1, 0.15) is 36.0 Å². The number of nitrogen functional groups attached to an aromatic ring is 1. The summed E-state index contributed by atoms with van der Waals surface area (Å²) in [6.45, 7) is 0. The fourth-order valence-electron chi connectivity index (χ4n) is 3.41. The van der Waals surface area contributed by atoms with Crippen molar-refractivity contribution in [3.05, 3.63) is 17.8 Å². The van der Waals surface area contributed by atoms with Gasteiger partial charge in [0.25, 0.3) is 0 Å². The molecule has 3 heterocycles. The molecule has 2 aliphatic heterocycles. The van der Waals surface area contributed by atoms with E-state index in [0.29, 0.717) is 23.3 Å². The molecular formula is C14H19N3O3. The zero-order valence-corrected chi connectivity index (χ0v) is 11.5. The van der Waals surface area contributed by atoms with E-state index >= 15 is 0 Å². The highest BCUT2D eigenvalue weighted by Gasteiger charge is 2.41. The summed E-state index contributed by atoms with van der Waals surface area (Å²) in [5, 5.41) is 9.84. The predicted molar refractivity (Wildman–Crippen MR) is 74.5 cm³/mol. The van der Waals surface area contributed by atoms with Crippen molar-refractivity contribution in [3.63, 3.8) is 0 Å². The number of hydrogen-bond acceptors (Lipinski definition) is 6. The normalized spacial score (nSPS) is 28.5. The van der Waals surface area contributed by atoms with E-state index in [1.165, 1.54) is 13.3 Å². The lowest BCUT2D eigenvalue weighted by Gasteiger charge is -2.38. The van der Waals surface area contributed by atoms with Gasteiger partial charge < -0.3 is 20.5 Å². The van der Waals surface area contributed by atoms with Crippen molar-refractivity contribution in [1.29, 1.82) is 0 Å². The van der Waals surface area contributed by atoms with E-state index in [2.05, 4.69) is 9.88 Å². The summed E-state index contributed by atoms with van der Waals surface area (Å²) < 4.78 is 4.74. The van der Waals surface area contributed by atoms with Crippen LogP contribution >= 0.6 is 0 Å². The molecule has 2 unspecified atom stereocenters. The third-order valence-corrected chi connectivity index (χ3v) is 4.30.